The zero-order valence-corrected chi connectivity index (χ0v) is 10.9. The molecule has 0 amide bonds. The molecule has 0 spiro atoms. The Kier molecular flexibility index (Phi) is 2.88. The van der Waals surface area contributed by atoms with Crippen LogP contribution in [-0.2, 0) is 0 Å². The molecule has 1 aromatic carbocycles. The van der Waals surface area contributed by atoms with Crippen molar-refractivity contribution in [1.29, 1.82) is 5.26 Å². The second-order valence-corrected chi connectivity index (χ2v) is 4.14. The van der Waals surface area contributed by atoms with Gasteiger partial charge in [-0.3, -0.25) is 4.57 Å². The standard InChI is InChI=1S/C13H9FN6O/c1-21-12-10-11(17-6-18-12)20(13(16)19-10)9-3-2-7(5-15)4-8(9)14/h2-4,6H,1H3,(H2,16,19). The number of rotatable bonds is 2. The molecule has 0 saturated carbocycles. The summed E-state index contributed by atoms with van der Waals surface area (Å²) in [4.78, 5) is 12.1. The summed E-state index contributed by atoms with van der Waals surface area (Å²) in [6, 6.07) is 5.93. The highest BCUT2D eigenvalue weighted by molar-refractivity contribution is 5.81. The molecule has 0 radical (unpaired) electrons. The number of methoxy groups -OCH3 is 1. The van der Waals surface area contributed by atoms with E-state index in [0.717, 1.165) is 6.07 Å². The number of imidazole rings is 1. The average molecular weight is 284 g/mol. The maximum atomic E-state index is 14.2. The predicted molar refractivity (Wildman–Crippen MR) is 72.3 cm³/mol. The van der Waals surface area contributed by atoms with Gasteiger partial charge in [0.25, 0.3) is 0 Å². The van der Waals surface area contributed by atoms with Gasteiger partial charge >= 0.3 is 0 Å². The number of nitrogens with zero attached hydrogens (tertiary/aromatic N) is 5. The number of nitriles is 1. The molecule has 0 aliphatic rings. The Labute approximate surface area is 118 Å². The number of ether oxygens (including phenoxy) is 1. The third-order valence-electron chi connectivity index (χ3n) is 2.95. The number of nitrogens with two attached hydrogens (primary N) is 1. The quantitative estimate of drug-likeness (QED) is 0.763. The number of hydrogen-bond donors (Lipinski definition) is 1. The van der Waals surface area contributed by atoms with E-state index in [9.17, 15) is 4.39 Å². The molecule has 0 atom stereocenters. The zero-order chi connectivity index (χ0) is 15.0. The summed E-state index contributed by atoms with van der Waals surface area (Å²) in [6.45, 7) is 0. The molecule has 21 heavy (non-hydrogen) atoms. The number of hydrogen-bond acceptors (Lipinski definition) is 6. The Morgan fingerprint density at radius 3 is 2.86 bits per heavy atom. The summed E-state index contributed by atoms with van der Waals surface area (Å²) in [6.07, 6.45) is 1.28. The fraction of sp³-hybridized carbons (Fsp3) is 0.0769. The minimum absolute atomic E-state index is 0.0485. The van der Waals surface area contributed by atoms with Crippen LogP contribution in [0.4, 0.5) is 10.3 Å². The van der Waals surface area contributed by atoms with Gasteiger partial charge in [0.1, 0.15) is 12.1 Å². The molecule has 8 heteroatoms. The number of halogens is 1. The van der Waals surface area contributed by atoms with Crippen molar-refractivity contribution >= 4 is 17.1 Å². The van der Waals surface area contributed by atoms with Gasteiger partial charge < -0.3 is 10.5 Å². The molecule has 0 unspecified atom stereocenters. The van der Waals surface area contributed by atoms with Crippen molar-refractivity contribution in [2.75, 3.05) is 12.8 Å². The van der Waals surface area contributed by atoms with Crippen LogP contribution < -0.4 is 10.5 Å². The van der Waals surface area contributed by atoms with Crippen molar-refractivity contribution in [1.82, 2.24) is 19.5 Å². The van der Waals surface area contributed by atoms with Crippen molar-refractivity contribution in [3.05, 3.63) is 35.9 Å². The van der Waals surface area contributed by atoms with Gasteiger partial charge in [0.2, 0.25) is 11.8 Å². The van der Waals surface area contributed by atoms with Crippen molar-refractivity contribution < 1.29 is 9.13 Å². The fourth-order valence-corrected chi connectivity index (χ4v) is 2.03. The maximum Gasteiger partial charge on any atom is 0.245 e. The van der Waals surface area contributed by atoms with Crippen LogP contribution in [0.2, 0.25) is 0 Å². The van der Waals surface area contributed by atoms with Crippen molar-refractivity contribution in [3.63, 3.8) is 0 Å². The fourth-order valence-electron chi connectivity index (χ4n) is 2.03. The van der Waals surface area contributed by atoms with Crippen LogP contribution in [-0.4, -0.2) is 26.6 Å². The molecule has 0 aliphatic heterocycles. The van der Waals surface area contributed by atoms with E-state index >= 15 is 0 Å². The van der Waals surface area contributed by atoms with Gasteiger partial charge in [-0.2, -0.15) is 10.2 Å². The normalized spacial score (nSPS) is 10.5. The molecule has 2 heterocycles. The molecule has 2 aromatic heterocycles. The Bertz CT molecular complexity index is 882. The number of aromatic nitrogens is 4. The van der Waals surface area contributed by atoms with Crippen LogP contribution in [0.1, 0.15) is 5.56 Å². The van der Waals surface area contributed by atoms with E-state index in [2.05, 4.69) is 15.0 Å². The van der Waals surface area contributed by atoms with Gasteiger partial charge in [-0.05, 0) is 18.2 Å². The van der Waals surface area contributed by atoms with Crippen molar-refractivity contribution in [3.8, 4) is 17.6 Å². The van der Waals surface area contributed by atoms with Crippen molar-refractivity contribution in [2.45, 2.75) is 0 Å². The molecule has 0 saturated heterocycles. The minimum atomic E-state index is -0.599. The summed E-state index contributed by atoms with van der Waals surface area (Å²) in [7, 11) is 1.44. The molecule has 2 N–H and O–H groups in total. The van der Waals surface area contributed by atoms with Crippen LogP contribution >= 0.6 is 0 Å². The first-order chi connectivity index (χ1) is 10.2. The lowest BCUT2D eigenvalue weighted by molar-refractivity contribution is 0.401. The Morgan fingerprint density at radius 2 is 2.19 bits per heavy atom. The van der Waals surface area contributed by atoms with Gasteiger partial charge in [-0.25, -0.2) is 14.4 Å². The van der Waals surface area contributed by atoms with E-state index in [1.165, 1.54) is 30.1 Å². The summed E-state index contributed by atoms with van der Waals surface area (Å²) in [5, 5.41) is 8.78. The third kappa shape index (κ3) is 1.92. The Hall–Kier alpha value is -3.21. The van der Waals surface area contributed by atoms with Gasteiger partial charge in [0.15, 0.2) is 11.2 Å². The number of benzene rings is 1. The molecule has 104 valence electrons. The van der Waals surface area contributed by atoms with E-state index in [0.29, 0.717) is 11.2 Å². The smallest absolute Gasteiger partial charge is 0.245 e. The van der Waals surface area contributed by atoms with Gasteiger partial charge in [0, 0.05) is 0 Å². The average Bonchev–Trinajstić information content (AvgIpc) is 2.83. The van der Waals surface area contributed by atoms with Crippen LogP contribution in [0.25, 0.3) is 16.9 Å². The Morgan fingerprint density at radius 1 is 1.38 bits per heavy atom. The lowest BCUT2D eigenvalue weighted by atomic mass is 10.2. The number of nitrogen functional groups attached to an aromatic ring is 1. The largest absolute Gasteiger partial charge is 0.479 e. The molecule has 3 aromatic rings. The Balaban J connectivity index is 2.31. The van der Waals surface area contributed by atoms with Crippen LogP contribution in [0.3, 0.4) is 0 Å². The van der Waals surface area contributed by atoms with Crippen molar-refractivity contribution in [2.24, 2.45) is 0 Å². The van der Waals surface area contributed by atoms with E-state index in [1.54, 1.807) is 0 Å². The molecule has 0 aliphatic carbocycles. The second kappa shape index (κ2) is 4.72. The number of fused-ring (bicyclic) bond motifs is 1. The molecule has 0 bridgehead atoms. The maximum absolute atomic E-state index is 14.2. The monoisotopic (exact) mass is 284 g/mol. The topological polar surface area (TPSA) is 103 Å². The highest BCUT2D eigenvalue weighted by atomic mass is 19.1. The summed E-state index contributed by atoms with van der Waals surface area (Å²) >= 11 is 0. The van der Waals surface area contributed by atoms with E-state index in [-0.39, 0.29) is 23.1 Å². The predicted octanol–water partition coefficient (Wildman–Crippen LogP) is 1.42. The highest BCUT2D eigenvalue weighted by Gasteiger charge is 2.18. The molecule has 3 rings (SSSR count). The van der Waals surface area contributed by atoms with Crippen LogP contribution in [0.5, 0.6) is 5.88 Å². The second-order valence-electron chi connectivity index (χ2n) is 4.14. The van der Waals surface area contributed by atoms with Crippen LogP contribution in [0.15, 0.2) is 24.5 Å². The van der Waals surface area contributed by atoms with E-state index in [1.807, 2.05) is 6.07 Å². The lowest BCUT2D eigenvalue weighted by Crippen LogP contribution is -2.04. The van der Waals surface area contributed by atoms with Crippen LogP contribution in [0, 0.1) is 17.1 Å². The molecular formula is C13H9FN6O. The first-order valence-electron chi connectivity index (χ1n) is 5.88. The third-order valence-corrected chi connectivity index (χ3v) is 2.95. The minimum Gasteiger partial charge on any atom is -0.479 e. The zero-order valence-electron chi connectivity index (χ0n) is 10.9. The van der Waals surface area contributed by atoms with Gasteiger partial charge in [0.05, 0.1) is 24.4 Å². The highest BCUT2D eigenvalue weighted by Crippen LogP contribution is 2.27. The molecular weight excluding hydrogens is 275 g/mol. The number of anilines is 1. The van der Waals surface area contributed by atoms with Gasteiger partial charge in [-0.15, -0.1) is 0 Å². The summed E-state index contributed by atoms with van der Waals surface area (Å²) < 4.78 is 20.6. The molecule has 0 fully saturated rings. The SMILES string of the molecule is COc1ncnc2c1nc(N)n2-c1ccc(C#N)cc1F. The summed E-state index contributed by atoms with van der Waals surface area (Å²) in [5.41, 5.74) is 6.86. The van der Waals surface area contributed by atoms with E-state index < -0.39 is 5.82 Å². The van der Waals surface area contributed by atoms with E-state index in [4.69, 9.17) is 15.7 Å². The first kappa shape index (κ1) is 12.8. The summed E-state index contributed by atoms with van der Waals surface area (Å²) in [5.74, 6) is -0.301. The van der Waals surface area contributed by atoms with Gasteiger partial charge in [-0.1, -0.05) is 0 Å². The molecule has 7 nitrogen and oxygen atoms in total. The lowest BCUT2D eigenvalue weighted by Gasteiger charge is -2.07. The first-order valence-corrected chi connectivity index (χ1v) is 5.88.